The van der Waals surface area contributed by atoms with Gasteiger partial charge >= 0.3 is 0 Å². The largest absolute Gasteiger partial charge is 0.390 e. The van der Waals surface area contributed by atoms with E-state index in [1.807, 2.05) is 27.7 Å². The summed E-state index contributed by atoms with van der Waals surface area (Å²) in [5, 5.41) is 10.7. The summed E-state index contributed by atoms with van der Waals surface area (Å²) < 4.78 is 17.4. The number of aliphatic hydroxyl groups is 1. The minimum atomic E-state index is -0.575. The lowest BCUT2D eigenvalue weighted by atomic mass is 9.75. The predicted molar refractivity (Wildman–Crippen MR) is 79.5 cm³/mol. The number of ether oxygens (including phenoxy) is 3. The number of hydrogen-bond acceptors (Lipinski definition) is 4. The molecule has 0 aromatic rings. The van der Waals surface area contributed by atoms with Crippen molar-refractivity contribution in [3.63, 3.8) is 0 Å². The van der Waals surface area contributed by atoms with Crippen LogP contribution < -0.4 is 0 Å². The maximum absolute atomic E-state index is 10.7. The predicted octanol–water partition coefficient (Wildman–Crippen LogP) is 2.83. The van der Waals surface area contributed by atoms with Gasteiger partial charge in [0.25, 0.3) is 0 Å². The highest BCUT2D eigenvalue weighted by Crippen LogP contribution is 2.37. The van der Waals surface area contributed by atoms with Crippen molar-refractivity contribution in [3.05, 3.63) is 0 Å². The SMILES string of the molecule is COC1C(OC(C)(C)C)OC(C)C(C(C)C(C)C)C1O. The minimum absolute atomic E-state index is 0.0545. The van der Waals surface area contributed by atoms with E-state index in [9.17, 15) is 5.11 Å². The van der Waals surface area contributed by atoms with Gasteiger partial charge in [0, 0.05) is 13.0 Å². The molecule has 0 bridgehead atoms. The molecule has 0 amide bonds. The summed E-state index contributed by atoms with van der Waals surface area (Å²) in [6.07, 6.45) is -1.60. The van der Waals surface area contributed by atoms with Crippen LogP contribution in [0.5, 0.6) is 0 Å². The summed E-state index contributed by atoms with van der Waals surface area (Å²) in [6.45, 7) is 14.4. The van der Waals surface area contributed by atoms with E-state index in [-0.39, 0.29) is 17.6 Å². The zero-order chi connectivity index (χ0) is 15.7. The smallest absolute Gasteiger partial charge is 0.187 e. The third-order valence-electron chi connectivity index (χ3n) is 4.29. The van der Waals surface area contributed by atoms with Gasteiger partial charge in [-0.15, -0.1) is 0 Å². The second-order valence-electron chi connectivity index (χ2n) is 7.31. The standard InChI is InChI=1S/C16H32O4/c1-9(2)10(3)12-11(4)19-15(20-16(5,6)7)14(18-8)13(12)17/h9-15,17H,1-8H3. The first-order chi connectivity index (χ1) is 9.08. The molecular weight excluding hydrogens is 256 g/mol. The van der Waals surface area contributed by atoms with Crippen LogP contribution in [0.25, 0.3) is 0 Å². The van der Waals surface area contributed by atoms with E-state index in [0.29, 0.717) is 11.8 Å². The zero-order valence-electron chi connectivity index (χ0n) is 14.2. The van der Waals surface area contributed by atoms with Gasteiger partial charge in [-0.05, 0) is 39.5 Å². The molecule has 1 saturated heterocycles. The van der Waals surface area contributed by atoms with Crippen LogP contribution >= 0.6 is 0 Å². The van der Waals surface area contributed by atoms with Gasteiger partial charge in [0.1, 0.15) is 6.10 Å². The third-order valence-corrected chi connectivity index (χ3v) is 4.29. The Morgan fingerprint density at radius 2 is 1.70 bits per heavy atom. The molecular formula is C16H32O4. The van der Waals surface area contributed by atoms with E-state index >= 15 is 0 Å². The van der Waals surface area contributed by atoms with Crippen LogP contribution in [-0.4, -0.2) is 42.4 Å². The highest BCUT2D eigenvalue weighted by molar-refractivity contribution is 4.92. The Morgan fingerprint density at radius 3 is 2.10 bits per heavy atom. The molecule has 6 atom stereocenters. The first-order valence-corrected chi connectivity index (χ1v) is 7.62. The van der Waals surface area contributed by atoms with E-state index in [4.69, 9.17) is 14.2 Å². The highest BCUT2D eigenvalue weighted by atomic mass is 16.7. The first kappa shape index (κ1) is 17.9. The topological polar surface area (TPSA) is 47.9 Å². The van der Waals surface area contributed by atoms with Crippen molar-refractivity contribution in [2.45, 2.75) is 78.7 Å². The molecule has 0 aliphatic carbocycles. The molecule has 0 aromatic carbocycles. The van der Waals surface area contributed by atoms with Crippen LogP contribution in [0.15, 0.2) is 0 Å². The average molecular weight is 288 g/mol. The van der Waals surface area contributed by atoms with Crippen LogP contribution in [0.4, 0.5) is 0 Å². The molecule has 1 heterocycles. The molecule has 0 aromatic heterocycles. The summed E-state index contributed by atoms with van der Waals surface area (Å²) in [4.78, 5) is 0. The lowest BCUT2D eigenvalue weighted by molar-refractivity contribution is -0.315. The molecule has 1 N–H and O–H groups in total. The van der Waals surface area contributed by atoms with E-state index < -0.39 is 18.5 Å². The summed E-state index contributed by atoms with van der Waals surface area (Å²) >= 11 is 0. The number of rotatable bonds is 4. The Balaban J connectivity index is 2.90. The normalized spacial score (nSPS) is 37.2. The molecule has 4 heteroatoms. The molecule has 0 saturated carbocycles. The number of hydrogen-bond donors (Lipinski definition) is 1. The Bertz CT molecular complexity index is 297. The van der Waals surface area contributed by atoms with Crippen LogP contribution in [0.2, 0.25) is 0 Å². The van der Waals surface area contributed by atoms with Gasteiger partial charge in [-0.25, -0.2) is 0 Å². The average Bonchev–Trinajstić information content (AvgIpc) is 2.26. The second kappa shape index (κ2) is 6.73. The monoisotopic (exact) mass is 288 g/mol. The van der Waals surface area contributed by atoms with Crippen molar-refractivity contribution < 1.29 is 19.3 Å². The van der Waals surface area contributed by atoms with E-state index in [1.54, 1.807) is 7.11 Å². The summed E-state index contributed by atoms with van der Waals surface area (Å²) in [5.41, 5.74) is -0.336. The fourth-order valence-corrected chi connectivity index (χ4v) is 2.91. The molecule has 1 rings (SSSR count). The number of methoxy groups -OCH3 is 1. The first-order valence-electron chi connectivity index (χ1n) is 7.62. The molecule has 4 nitrogen and oxygen atoms in total. The van der Waals surface area contributed by atoms with Gasteiger partial charge in [-0.1, -0.05) is 20.8 Å². The Labute approximate surface area is 123 Å². The summed E-state index contributed by atoms with van der Waals surface area (Å²) in [7, 11) is 1.60. The van der Waals surface area contributed by atoms with Crippen molar-refractivity contribution in [1.29, 1.82) is 0 Å². The quantitative estimate of drug-likeness (QED) is 0.864. The van der Waals surface area contributed by atoms with Crippen molar-refractivity contribution in [1.82, 2.24) is 0 Å². The van der Waals surface area contributed by atoms with E-state index in [1.165, 1.54) is 0 Å². The maximum Gasteiger partial charge on any atom is 0.187 e. The Morgan fingerprint density at radius 1 is 1.15 bits per heavy atom. The van der Waals surface area contributed by atoms with Crippen molar-refractivity contribution >= 4 is 0 Å². The van der Waals surface area contributed by atoms with Gasteiger partial charge in [-0.2, -0.15) is 0 Å². The lowest BCUT2D eigenvalue weighted by Gasteiger charge is -2.47. The molecule has 1 aliphatic heterocycles. The van der Waals surface area contributed by atoms with Crippen molar-refractivity contribution in [3.8, 4) is 0 Å². The number of aliphatic hydroxyl groups excluding tert-OH is 1. The zero-order valence-corrected chi connectivity index (χ0v) is 14.2. The summed E-state index contributed by atoms with van der Waals surface area (Å²) in [6, 6.07) is 0. The van der Waals surface area contributed by atoms with Gasteiger partial charge in [-0.3, -0.25) is 0 Å². The van der Waals surface area contributed by atoms with Crippen molar-refractivity contribution in [2.24, 2.45) is 17.8 Å². The molecule has 6 unspecified atom stereocenters. The van der Waals surface area contributed by atoms with Crippen molar-refractivity contribution in [2.75, 3.05) is 7.11 Å². The second-order valence-corrected chi connectivity index (χ2v) is 7.31. The maximum atomic E-state index is 10.7. The van der Waals surface area contributed by atoms with Crippen LogP contribution in [0.1, 0.15) is 48.5 Å². The summed E-state index contributed by atoms with van der Waals surface area (Å²) in [5.74, 6) is 0.895. The Hall–Kier alpha value is -0.160. The fraction of sp³-hybridized carbons (Fsp3) is 1.00. The third kappa shape index (κ3) is 4.17. The highest BCUT2D eigenvalue weighted by Gasteiger charge is 2.47. The molecule has 1 aliphatic rings. The van der Waals surface area contributed by atoms with Gasteiger partial charge in [0.05, 0.1) is 17.8 Å². The minimum Gasteiger partial charge on any atom is -0.390 e. The van der Waals surface area contributed by atoms with Crippen LogP contribution in [0.3, 0.4) is 0 Å². The van der Waals surface area contributed by atoms with Gasteiger partial charge < -0.3 is 19.3 Å². The van der Waals surface area contributed by atoms with E-state index in [0.717, 1.165) is 0 Å². The van der Waals surface area contributed by atoms with E-state index in [2.05, 4.69) is 20.8 Å². The van der Waals surface area contributed by atoms with Gasteiger partial charge in [0.2, 0.25) is 0 Å². The Kier molecular flexibility index (Phi) is 6.02. The van der Waals surface area contributed by atoms with Crippen LogP contribution in [0, 0.1) is 17.8 Å². The molecule has 0 radical (unpaired) electrons. The molecule has 20 heavy (non-hydrogen) atoms. The van der Waals surface area contributed by atoms with Gasteiger partial charge in [0.15, 0.2) is 6.29 Å². The van der Waals surface area contributed by atoms with Crippen LogP contribution in [-0.2, 0) is 14.2 Å². The fourth-order valence-electron chi connectivity index (χ4n) is 2.91. The molecule has 1 fully saturated rings. The lowest BCUT2D eigenvalue weighted by Crippen LogP contribution is -2.58. The molecule has 120 valence electrons. The molecule has 0 spiro atoms.